The lowest BCUT2D eigenvalue weighted by Gasteiger charge is -2.37. The lowest BCUT2D eigenvalue weighted by molar-refractivity contribution is -0.165. The molecule has 1 aromatic carbocycles. The monoisotopic (exact) mass is 505 g/mol. The molecular formula is C25H30F3N5O3. The minimum Gasteiger partial charge on any atom is -0.381 e. The summed E-state index contributed by atoms with van der Waals surface area (Å²) in [6, 6.07) is 3.35. The molecular weight excluding hydrogens is 475 g/mol. The third-order valence-corrected chi connectivity index (χ3v) is 7.37. The molecule has 4 aliphatic rings. The molecule has 1 amide bonds. The Morgan fingerprint density at radius 1 is 1.28 bits per heavy atom. The molecule has 0 bridgehead atoms. The van der Waals surface area contributed by atoms with Crippen LogP contribution in [0.2, 0.25) is 0 Å². The van der Waals surface area contributed by atoms with Crippen molar-refractivity contribution < 1.29 is 27.4 Å². The maximum atomic E-state index is 15.0. The van der Waals surface area contributed by atoms with Gasteiger partial charge >= 0.3 is 0 Å². The quantitative estimate of drug-likeness (QED) is 0.666. The predicted molar refractivity (Wildman–Crippen MR) is 127 cm³/mol. The van der Waals surface area contributed by atoms with E-state index in [4.69, 9.17) is 9.47 Å². The topological polar surface area (TPSA) is 78.8 Å². The second-order valence-corrected chi connectivity index (χ2v) is 9.65. The van der Waals surface area contributed by atoms with Crippen molar-refractivity contribution in [2.45, 2.75) is 44.3 Å². The molecule has 4 aliphatic heterocycles. The number of amidine groups is 1. The van der Waals surface area contributed by atoms with E-state index in [1.54, 1.807) is 18.9 Å². The fourth-order valence-electron chi connectivity index (χ4n) is 5.29. The van der Waals surface area contributed by atoms with E-state index in [1.165, 1.54) is 12.1 Å². The van der Waals surface area contributed by atoms with Crippen LogP contribution in [0.15, 0.2) is 39.5 Å². The second kappa shape index (κ2) is 9.19. The van der Waals surface area contributed by atoms with E-state index in [1.807, 2.05) is 4.90 Å². The van der Waals surface area contributed by atoms with Gasteiger partial charge in [0.2, 0.25) is 5.96 Å². The number of fused-ring (bicyclic) bond motifs is 2. The smallest absolute Gasteiger partial charge is 0.273 e. The third-order valence-electron chi connectivity index (χ3n) is 7.37. The summed E-state index contributed by atoms with van der Waals surface area (Å²) in [6.45, 7) is 5.20. The van der Waals surface area contributed by atoms with Crippen LogP contribution in [0.1, 0.15) is 43.9 Å². The number of rotatable bonds is 5. The molecule has 8 nitrogen and oxygen atoms in total. The Morgan fingerprint density at radius 3 is 2.72 bits per heavy atom. The zero-order chi connectivity index (χ0) is 25.7. The minimum atomic E-state index is -3.30. The van der Waals surface area contributed by atoms with Crippen molar-refractivity contribution in [3.05, 3.63) is 46.4 Å². The highest BCUT2D eigenvalue weighted by Gasteiger charge is 2.47. The van der Waals surface area contributed by atoms with Gasteiger partial charge in [0, 0.05) is 63.5 Å². The number of hydrogen-bond acceptors (Lipinski definition) is 7. The molecule has 0 radical (unpaired) electrons. The summed E-state index contributed by atoms with van der Waals surface area (Å²) >= 11 is 0. The average Bonchev–Trinajstić information content (AvgIpc) is 3.50. The van der Waals surface area contributed by atoms with Gasteiger partial charge in [-0.05, 0) is 6.92 Å². The molecule has 0 spiro atoms. The van der Waals surface area contributed by atoms with Crippen LogP contribution >= 0.6 is 0 Å². The fraction of sp³-hybridized carbons (Fsp3) is 0.560. The lowest BCUT2D eigenvalue weighted by atomic mass is 9.92. The number of aliphatic imine (C=N–C) groups is 2. The van der Waals surface area contributed by atoms with Gasteiger partial charge in [-0.25, -0.2) is 18.2 Å². The molecule has 5 rings (SSSR count). The van der Waals surface area contributed by atoms with Crippen molar-refractivity contribution >= 4 is 17.7 Å². The summed E-state index contributed by atoms with van der Waals surface area (Å²) < 4.78 is 54.0. The Kier molecular flexibility index (Phi) is 6.32. The van der Waals surface area contributed by atoms with Gasteiger partial charge in [-0.15, -0.1) is 0 Å². The lowest BCUT2D eigenvalue weighted by Crippen LogP contribution is -2.53. The zero-order valence-corrected chi connectivity index (χ0v) is 20.6. The summed E-state index contributed by atoms with van der Waals surface area (Å²) in [5.41, 5.74) is 0.260. The third kappa shape index (κ3) is 4.17. The number of methoxy groups -OCH3 is 1. The number of hydrogen-bond donors (Lipinski definition) is 1. The van der Waals surface area contributed by atoms with Crippen LogP contribution in [0.5, 0.6) is 0 Å². The number of carbonyl (C=O) groups is 1. The number of halogens is 3. The highest BCUT2D eigenvalue weighted by molar-refractivity contribution is 6.10. The van der Waals surface area contributed by atoms with E-state index < -0.39 is 28.9 Å². The Balaban J connectivity index is 1.41. The Labute approximate surface area is 207 Å². The number of carbonyl (C=O) groups excluding carboxylic acids is 1. The summed E-state index contributed by atoms with van der Waals surface area (Å²) in [5.74, 6) is -3.35. The first-order chi connectivity index (χ1) is 17.1. The summed E-state index contributed by atoms with van der Waals surface area (Å²) in [7, 11) is 1.55. The predicted octanol–water partition coefficient (Wildman–Crippen LogP) is 2.96. The Hall–Kier alpha value is -2.92. The van der Waals surface area contributed by atoms with Crippen LogP contribution in [-0.2, 0) is 20.2 Å². The van der Waals surface area contributed by atoms with E-state index in [2.05, 4.69) is 15.3 Å². The Morgan fingerprint density at radius 2 is 2.03 bits per heavy atom. The van der Waals surface area contributed by atoms with Crippen molar-refractivity contribution in [1.29, 1.82) is 0 Å². The van der Waals surface area contributed by atoms with E-state index in [-0.39, 0.29) is 11.5 Å². The van der Waals surface area contributed by atoms with Crippen molar-refractivity contribution in [2.24, 2.45) is 9.98 Å². The van der Waals surface area contributed by atoms with Crippen molar-refractivity contribution in [1.82, 2.24) is 15.1 Å². The molecule has 0 saturated carbocycles. The number of amides is 1. The molecule has 1 N–H and O–H groups in total. The molecule has 36 heavy (non-hydrogen) atoms. The van der Waals surface area contributed by atoms with Crippen LogP contribution in [0.3, 0.4) is 0 Å². The molecule has 11 heteroatoms. The van der Waals surface area contributed by atoms with Gasteiger partial charge in [0.1, 0.15) is 11.7 Å². The van der Waals surface area contributed by atoms with Gasteiger partial charge < -0.3 is 24.6 Å². The number of nitrogens with one attached hydrogen (secondary N) is 1. The van der Waals surface area contributed by atoms with Gasteiger partial charge in [0.25, 0.3) is 11.8 Å². The fourth-order valence-corrected chi connectivity index (χ4v) is 5.29. The summed E-state index contributed by atoms with van der Waals surface area (Å²) in [5, 5.41) is 3.21. The molecule has 1 aromatic rings. The molecule has 4 heterocycles. The maximum Gasteiger partial charge on any atom is 0.273 e. The highest BCUT2D eigenvalue weighted by atomic mass is 19.3. The van der Waals surface area contributed by atoms with Gasteiger partial charge in [0.15, 0.2) is 5.60 Å². The van der Waals surface area contributed by atoms with Crippen LogP contribution < -0.4 is 5.32 Å². The van der Waals surface area contributed by atoms with E-state index in [9.17, 15) is 13.6 Å². The van der Waals surface area contributed by atoms with Crippen molar-refractivity contribution in [3.8, 4) is 0 Å². The summed E-state index contributed by atoms with van der Waals surface area (Å²) in [4.78, 5) is 26.5. The van der Waals surface area contributed by atoms with Gasteiger partial charge in [0.05, 0.1) is 31.2 Å². The van der Waals surface area contributed by atoms with E-state index >= 15 is 4.39 Å². The van der Waals surface area contributed by atoms with E-state index in [0.29, 0.717) is 71.0 Å². The van der Waals surface area contributed by atoms with Crippen LogP contribution in [0.4, 0.5) is 13.2 Å². The molecule has 1 fully saturated rings. The average molecular weight is 506 g/mol. The number of ether oxygens (including phenoxy) is 2. The normalized spacial score (nSPS) is 22.2. The van der Waals surface area contributed by atoms with Gasteiger partial charge in [-0.2, -0.15) is 4.99 Å². The number of guanidine groups is 1. The second-order valence-electron chi connectivity index (χ2n) is 9.65. The van der Waals surface area contributed by atoms with Crippen LogP contribution in [0, 0.1) is 5.82 Å². The molecule has 1 unspecified atom stereocenters. The van der Waals surface area contributed by atoms with Crippen LogP contribution in [0.25, 0.3) is 0 Å². The SMILES string of the molecule is COC1(C(=O)N2CC3=C(C2)N2CCN=C2N=C3NC(C)c2cccc(C(C)(F)F)c2F)CCOCC1. The molecule has 194 valence electrons. The van der Waals surface area contributed by atoms with E-state index in [0.717, 1.165) is 17.3 Å². The minimum absolute atomic E-state index is 0.100. The first-order valence-electron chi connectivity index (χ1n) is 12.1. The summed E-state index contributed by atoms with van der Waals surface area (Å²) in [6.07, 6.45) is 0.960. The van der Waals surface area contributed by atoms with Gasteiger partial charge in [-0.1, -0.05) is 18.2 Å². The molecule has 0 aliphatic carbocycles. The molecule has 1 saturated heterocycles. The van der Waals surface area contributed by atoms with Crippen molar-refractivity contribution in [2.75, 3.05) is 46.5 Å². The maximum absolute atomic E-state index is 15.0. The van der Waals surface area contributed by atoms with Crippen LogP contribution in [-0.4, -0.2) is 79.6 Å². The first-order valence-corrected chi connectivity index (χ1v) is 12.1. The largest absolute Gasteiger partial charge is 0.381 e. The van der Waals surface area contributed by atoms with Crippen molar-refractivity contribution in [3.63, 3.8) is 0 Å². The number of alkyl halides is 2. The Bertz CT molecular complexity index is 1150. The molecule has 0 aromatic heterocycles. The first kappa shape index (κ1) is 24.8. The van der Waals surface area contributed by atoms with Gasteiger partial charge in [-0.3, -0.25) is 4.79 Å². The highest BCUT2D eigenvalue weighted by Crippen LogP contribution is 2.35. The zero-order valence-electron chi connectivity index (χ0n) is 20.6. The number of benzene rings is 1. The number of nitrogens with zero attached hydrogens (tertiary/aromatic N) is 4. The standard InChI is InChI=1S/C25H30F3N5O3/c1-15(16-5-4-6-18(20(16)26)24(2,27)28)30-21-17-13-32(14-19(17)33-10-9-29-23(33)31-21)22(34)25(35-3)7-11-36-12-8-25/h4-6,15H,7-14H2,1-3H3,(H,29,30,31). The molecule has 1 atom stereocenters.